The zero-order valence-electron chi connectivity index (χ0n) is 14.1. The van der Waals surface area contributed by atoms with Crippen molar-refractivity contribution in [2.24, 2.45) is 5.73 Å². The second-order valence-corrected chi connectivity index (χ2v) is 6.46. The SMILES string of the molecule is Cl.Cl.N[C@@H]1CC[C@H](NC(=O)c2cccc(-c3ccc4nc[nH]c4c3)c2)C1. The molecule has 2 atom stereocenters. The van der Waals surface area contributed by atoms with Crippen molar-refractivity contribution >= 4 is 41.8 Å². The van der Waals surface area contributed by atoms with E-state index in [0.717, 1.165) is 41.4 Å². The topological polar surface area (TPSA) is 83.8 Å². The fraction of sp³-hybridized carbons (Fsp3) is 0.263. The average molecular weight is 393 g/mol. The third kappa shape index (κ3) is 4.18. The fourth-order valence-electron chi connectivity index (χ4n) is 3.37. The Hall–Kier alpha value is -2.08. The number of fused-ring (bicyclic) bond motifs is 1. The predicted molar refractivity (Wildman–Crippen MR) is 109 cm³/mol. The molecule has 4 rings (SSSR count). The van der Waals surface area contributed by atoms with Gasteiger partial charge in [0.15, 0.2) is 0 Å². The van der Waals surface area contributed by atoms with Crippen LogP contribution in [0.15, 0.2) is 48.8 Å². The van der Waals surface area contributed by atoms with Gasteiger partial charge in [-0.05, 0) is 54.7 Å². The van der Waals surface area contributed by atoms with Gasteiger partial charge in [0.25, 0.3) is 5.91 Å². The lowest BCUT2D eigenvalue weighted by atomic mass is 10.0. The van der Waals surface area contributed by atoms with Crippen LogP contribution in [0.5, 0.6) is 0 Å². The number of aromatic amines is 1. The van der Waals surface area contributed by atoms with E-state index in [1.54, 1.807) is 6.33 Å². The highest BCUT2D eigenvalue weighted by Gasteiger charge is 2.23. The summed E-state index contributed by atoms with van der Waals surface area (Å²) in [5, 5.41) is 3.09. The molecule has 0 saturated heterocycles. The van der Waals surface area contributed by atoms with Crippen molar-refractivity contribution in [1.29, 1.82) is 0 Å². The predicted octanol–water partition coefficient (Wildman–Crippen LogP) is 3.68. The normalized spacial score (nSPS) is 18.8. The van der Waals surface area contributed by atoms with Crippen LogP contribution < -0.4 is 11.1 Å². The molecule has 1 fully saturated rings. The second-order valence-electron chi connectivity index (χ2n) is 6.46. The van der Waals surface area contributed by atoms with E-state index >= 15 is 0 Å². The zero-order chi connectivity index (χ0) is 16.5. The summed E-state index contributed by atoms with van der Waals surface area (Å²) in [6, 6.07) is 14.2. The summed E-state index contributed by atoms with van der Waals surface area (Å²) in [4.78, 5) is 19.8. The smallest absolute Gasteiger partial charge is 0.251 e. The van der Waals surface area contributed by atoms with E-state index < -0.39 is 0 Å². The minimum absolute atomic E-state index is 0. The van der Waals surface area contributed by atoms with E-state index in [2.05, 4.69) is 21.4 Å². The summed E-state index contributed by atoms with van der Waals surface area (Å²) in [6.45, 7) is 0. The van der Waals surface area contributed by atoms with E-state index in [1.165, 1.54) is 0 Å². The van der Waals surface area contributed by atoms with Crippen LogP contribution in [0.4, 0.5) is 0 Å². The number of benzene rings is 2. The molecule has 5 nitrogen and oxygen atoms in total. The summed E-state index contributed by atoms with van der Waals surface area (Å²) in [6.07, 6.45) is 4.49. The Morgan fingerprint density at radius 3 is 2.69 bits per heavy atom. The lowest BCUT2D eigenvalue weighted by Gasteiger charge is -2.13. The van der Waals surface area contributed by atoms with Gasteiger partial charge < -0.3 is 16.0 Å². The molecule has 138 valence electrons. The first kappa shape index (κ1) is 20.2. The maximum absolute atomic E-state index is 12.5. The molecule has 4 N–H and O–H groups in total. The van der Waals surface area contributed by atoms with E-state index in [4.69, 9.17) is 5.73 Å². The number of carbonyl (C=O) groups excluding carboxylic acids is 1. The molecule has 1 aliphatic rings. The molecular formula is C19H22Cl2N4O. The number of aromatic nitrogens is 2. The number of hydrogen-bond donors (Lipinski definition) is 3. The van der Waals surface area contributed by atoms with Gasteiger partial charge in [-0.3, -0.25) is 4.79 Å². The van der Waals surface area contributed by atoms with Crippen LogP contribution in [0.25, 0.3) is 22.2 Å². The highest BCUT2D eigenvalue weighted by molar-refractivity contribution is 5.96. The van der Waals surface area contributed by atoms with E-state index in [9.17, 15) is 4.79 Å². The first-order chi connectivity index (χ1) is 11.7. The van der Waals surface area contributed by atoms with Crippen molar-refractivity contribution < 1.29 is 4.79 Å². The standard InChI is InChI=1S/C19H20N4O.2ClH/c20-15-5-6-16(10-15)23-19(24)14-3-1-2-12(8-14)13-4-7-17-18(9-13)22-11-21-17;;/h1-4,7-9,11,15-16H,5-6,10,20H2,(H,21,22)(H,23,24);2*1H/t15-,16+;;/m1../s1. The van der Waals surface area contributed by atoms with Gasteiger partial charge in [-0.25, -0.2) is 4.98 Å². The van der Waals surface area contributed by atoms with Crippen molar-refractivity contribution in [3.63, 3.8) is 0 Å². The summed E-state index contributed by atoms with van der Waals surface area (Å²) in [7, 11) is 0. The van der Waals surface area contributed by atoms with E-state index in [1.807, 2.05) is 36.4 Å². The van der Waals surface area contributed by atoms with Crippen molar-refractivity contribution in [2.45, 2.75) is 31.3 Å². The van der Waals surface area contributed by atoms with E-state index in [0.29, 0.717) is 5.56 Å². The Labute approximate surface area is 164 Å². The first-order valence-electron chi connectivity index (χ1n) is 8.29. The lowest BCUT2D eigenvalue weighted by molar-refractivity contribution is 0.0937. The van der Waals surface area contributed by atoms with Crippen molar-refractivity contribution in [3.05, 3.63) is 54.4 Å². The molecular weight excluding hydrogens is 371 g/mol. The Balaban J connectivity index is 0.00000121. The number of nitrogens with one attached hydrogen (secondary N) is 2. The molecule has 1 amide bonds. The number of halogens is 2. The molecule has 1 aliphatic carbocycles. The van der Waals surface area contributed by atoms with Gasteiger partial charge in [0.2, 0.25) is 0 Å². The van der Waals surface area contributed by atoms with Crippen LogP contribution in [0.1, 0.15) is 29.6 Å². The maximum atomic E-state index is 12.5. The molecule has 2 aromatic carbocycles. The minimum atomic E-state index is -0.0291. The monoisotopic (exact) mass is 392 g/mol. The van der Waals surface area contributed by atoms with Gasteiger partial charge in [0, 0.05) is 17.6 Å². The lowest BCUT2D eigenvalue weighted by Crippen LogP contribution is -2.34. The third-order valence-electron chi connectivity index (χ3n) is 4.69. The molecule has 0 unspecified atom stereocenters. The molecule has 7 heteroatoms. The summed E-state index contributed by atoms with van der Waals surface area (Å²) >= 11 is 0. The number of nitrogens with two attached hydrogens (primary N) is 1. The fourth-order valence-corrected chi connectivity index (χ4v) is 3.37. The van der Waals surface area contributed by atoms with Crippen LogP contribution in [0.2, 0.25) is 0 Å². The van der Waals surface area contributed by atoms with Gasteiger partial charge in [0.1, 0.15) is 0 Å². The van der Waals surface area contributed by atoms with Crippen LogP contribution >= 0.6 is 24.8 Å². The maximum Gasteiger partial charge on any atom is 0.251 e. The number of H-pyrrole nitrogens is 1. The number of amides is 1. The first-order valence-corrected chi connectivity index (χ1v) is 8.29. The molecule has 0 bridgehead atoms. The van der Waals surface area contributed by atoms with Crippen LogP contribution in [0.3, 0.4) is 0 Å². The summed E-state index contributed by atoms with van der Waals surface area (Å²) < 4.78 is 0. The summed E-state index contributed by atoms with van der Waals surface area (Å²) in [5.41, 5.74) is 10.6. The van der Waals surface area contributed by atoms with Crippen molar-refractivity contribution in [3.8, 4) is 11.1 Å². The van der Waals surface area contributed by atoms with Crippen LogP contribution in [-0.2, 0) is 0 Å². The number of nitrogens with zero attached hydrogens (tertiary/aromatic N) is 1. The third-order valence-corrected chi connectivity index (χ3v) is 4.69. The molecule has 0 aliphatic heterocycles. The van der Waals surface area contributed by atoms with Gasteiger partial charge >= 0.3 is 0 Å². The Morgan fingerprint density at radius 2 is 1.92 bits per heavy atom. The Kier molecular flexibility index (Phi) is 6.64. The molecule has 26 heavy (non-hydrogen) atoms. The van der Waals surface area contributed by atoms with Crippen molar-refractivity contribution in [1.82, 2.24) is 15.3 Å². The molecule has 1 saturated carbocycles. The molecule has 3 aromatic rings. The largest absolute Gasteiger partial charge is 0.349 e. The van der Waals surface area contributed by atoms with Gasteiger partial charge in [-0.2, -0.15) is 0 Å². The zero-order valence-corrected chi connectivity index (χ0v) is 15.8. The molecule has 1 aromatic heterocycles. The molecule has 0 radical (unpaired) electrons. The molecule has 0 spiro atoms. The Bertz CT molecular complexity index is 896. The number of carbonyl (C=O) groups is 1. The Morgan fingerprint density at radius 1 is 1.12 bits per heavy atom. The van der Waals surface area contributed by atoms with Crippen LogP contribution in [-0.4, -0.2) is 28.0 Å². The molecule has 1 heterocycles. The highest BCUT2D eigenvalue weighted by Crippen LogP contribution is 2.24. The van der Waals surface area contributed by atoms with Crippen molar-refractivity contribution in [2.75, 3.05) is 0 Å². The number of imidazole rings is 1. The minimum Gasteiger partial charge on any atom is -0.349 e. The number of hydrogen-bond acceptors (Lipinski definition) is 3. The highest BCUT2D eigenvalue weighted by atomic mass is 35.5. The van der Waals surface area contributed by atoms with E-state index in [-0.39, 0.29) is 42.8 Å². The van der Waals surface area contributed by atoms with Gasteiger partial charge in [0.05, 0.1) is 17.4 Å². The summed E-state index contributed by atoms with van der Waals surface area (Å²) in [5.74, 6) is -0.0291. The van der Waals surface area contributed by atoms with Gasteiger partial charge in [-0.1, -0.05) is 18.2 Å². The quantitative estimate of drug-likeness (QED) is 0.635. The van der Waals surface area contributed by atoms with Gasteiger partial charge in [-0.15, -0.1) is 24.8 Å². The van der Waals surface area contributed by atoms with Crippen LogP contribution in [0, 0.1) is 0 Å². The average Bonchev–Trinajstić information content (AvgIpc) is 3.23. The number of rotatable bonds is 3. The second kappa shape index (κ2) is 8.54.